The molecule has 0 aliphatic carbocycles. The van der Waals surface area contributed by atoms with Crippen molar-refractivity contribution in [1.29, 1.82) is 0 Å². The van der Waals surface area contributed by atoms with Crippen LogP contribution in [-0.4, -0.2) is 21.0 Å². The fourth-order valence-corrected chi connectivity index (χ4v) is 2.97. The van der Waals surface area contributed by atoms with Crippen molar-refractivity contribution in [2.45, 2.75) is 19.6 Å². The molecule has 0 aliphatic heterocycles. The van der Waals surface area contributed by atoms with E-state index in [9.17, 15) is 4.79 Å². The Morgan fingerprint density at radius 3 is 2.73 bits per heavy atom. The van der Waals surface area contributed by atoms with Crippen LogP contribution in [-0.2, 0) is 6.54 Å². The summed E-state index contributed by atoms with van der Waals surface area (Å²) in [6.45, 7) is 2.36. The summed E-state index contributed by atoms with van der Waals surface area (Å²) in [5, 5.41) is 6.85. The Morgan fingerprint density at radius 2 is 2.03 bits per heavy atom. The summed E-state index contributed by atoms with van der Waals surface area (Å²) in [4.78, 5) is 20.8. The fourth-order valence-electron chi connectivity index (χ4n) is 2.97. The molecule has 3 heterocycles. The molecule has 4 aromatic rings. The molecule has 7 heteroatoms. The van der Waals surface area contributed by atoms with Gasteiger partial charge in [0.2, 0.25) is 5.88 Å². The number of nitrogens with zero attached hydrogens (tertiary/aromatic N) is 3. The monoisotopic (exact) mass is 400 g/mol. The number of nitrogens with one attached hydrogen (secondary N) is 1. The molecular weight excluding hydrogens is 380 g/mol. The van der Waals surface area contributed by atoms with Crippen LogP contribution in [0.4, 0.5) is 0 Å². The van der Waals surface area contributed by atoms with Gasteiger partial charge in [-0.2, -0.15) is 0 Å². The average molecular weight is 400 g/mol. The lowest BCUT2D eigenvalue weighted by atomic mass is 10.0. The van der Waals surface area contributed by atoms with Crippen LogP contribution in [0, 0.1) is 6.92 Å². The van der Waals surface area contributed by atoms with Gasteiger partial charge in [-0.15, -0.1) is 0 Å². The second-order valence-corrected chi connectivity index (χ2v) is 6.73. The van der Waals surface area contributed by atoms with Crippen LogP contribution < -0.4 is 10.1 Å². The number of pyridine rings is 2. The Morgan fingerprint density at radius 1 is 1.10 bits per heavy atom. The van der Waals surface area contributed by atoms with Gasteiger partial charge in [-0.25, -0.2) is 4.98 Å². The molecule has 0 fully saturated rings. The minimum atomic E-state index is -0.472. The third kappa shape index (κ3) is 4.70. The Hall–Kier alpha value is -4.00. The average Bonchev–Trinajstić information content (AvgIpc) is 3.31. The minimum Gasteiger partial charge on any atom is -0.463 e. The van der Waals surface area contributed by atoms with Crippen LogP contribution >= 0.6 is 0 Å². The number of ether oxygens (including phenoxy) is 1. The van der Waals surface area contributed by atoms with E-state index in [1.807, 2.05) is 49.4 Å². The molecule has 1 unspecified atom stereocenters. The normalized spacial score (nSPS) is 11.6. The Bertz CT molecular complexity index is 1100. The third-order valence-corrected chi connectivity index (χ3v) is 4.46. The molecule has 1 aromatic carbocycles. The largest absolute Gasteiger partial charge is 0.463 e. The van der Waals surface area contributed by atoms with Gasteiger partial charge in [0, 0.05) is 24.5 Å². The lowest BCUT2D eigenvalue weighted by Gasteiger charge is -2.17. The fraction of sp³-hybridized carbons (Fsp3) is 0.130. The lowest BCUT2D eigenvalue weighted by molar-refractivity contribution is 0.0950. The van der Waals surface area contributed by atoms with Gasteiger partial charge in [0.1, 0.15) is 12.0 Å². The number of amides is 1. The van der Waals surface area contributed by atoms with Crippen LogP contribution in [0.5, 0.6) is 5.88 Å². The highest BCUT2D eigenvalue weighted by Gasteiger charge is 2.20. The van der Waals surface area contributed by atoms with E-state index < -0.39 is 6.10 Å². The first kappa shape index (κ1) is 19.3. The van der Waals surface area contributed by atoms with Gasteiger partial charge < -0.3 is 14.6 Å². The number of aromatic nitrogens is 3. The molecule has 7 nitrogen and oxygen atoms in total. The predicted octanol–water partition coefficient (Wildman–Crippen LogP) is 3.87. The standard InChI is InChI=1S/C23H20N4O3/c1-16-5-4-6-17(13-16)22(20-10-12-29-27-20)30-21-9-8-18(14-25-21)23(28)26-15-19-7-2-3-11-24-19/h2-14,22H,15H2,1H3,(H,26,28). The van der Waals surface area contributed by atoms with Crippen molar-refractivity contribution in [3.05, 3.63) is 107 Å². The second kappa shape index (κ2) is 9.00. The van der Waals surface area contributed by atoms with Crippen molar-refractivity contribution in [2.75, 3.05) is 0 Å². The number of aryl methyl sites for hydroxylation is 1. The quantitative estimate of drug-likeness (QED) is 0.506. The van der Waals surface area contributed by atoms with Crippen molar-refractivity contribution in [2.24, 2.45) is 0 Å². The van der Waals surface area contributed by atoms with Crippen LogP contribution in [0.15, 0.2) is 83.8 Å². The molecule has 0 saturated carbocycles. The third-order valence-electron chi connectivity index (χ3n) is 4.46. The Labute approximate surface area is 173 Å². The molecule has 0 radical (unpaired) electrons. The van der Waals surface area contributed by atoms with E-state index in [1.54, 1.807) is 24.4 Å². The Kier molecular flexibility index (Phi) is 5.80. The minimum absolute atomic E-state index is 0.230. The van der Waals surface area contributed by atoms with Crippen molar-refractivity contribution < 1.29 is 14.1 Å². The van der Waals surface area contributed by atoms with E-state index in [-0.39, 0.29) is 5.91 Å². The number of hydrogen-bond acceptors (Lipinski definition) is 6. The first-order valence-corrected chi connectivity index (χ1v) is 9.47. The van der Waals surface area contributed by atoms with Crippen molar-refractivity contribution in [3.63, 3.8) is 0 Å². The first-order valence-electron chi connectivity index (χ1n) is 9.47. The molecule has 1 atom stereocenters. The van der Waals surface area contributed by atoms with Crippen molar-refractivity contribution in [1.82, 2.24) is 20.4 Å². The summed E-state index contributed by atoms with van der Waals surface area (Å²) < 4.78 is 11.1. The van der Waals surface area contributed by atoms with Crippen molar-refractivity contribution >= 4 is 5.91 Å². The number of hydrogen-bond donors (Lipinski definition) is 1. The molecule has 0 spiro atoms. The zero-order valence-electron chi connectivity index (χ0n) is 16.4. The van der Waals surface area contributed by atoms with E-state index >= 15 is 0 Å². The van der Waals surface area contributed by atoms with E-state index in [1.165, 1.54) is 12.5 Å². The molecule has 3 aromatic heterocycles. The number of carbonyl (C=O) groups excluding carboxylic acids is 1. The van der Waals surface area contributed by atoms with E-state index in [4.69, 9.17) is 9.26 Å². The van der Waals surface area contributed by atoms with Gasteiger partial charge in [-0.05, 0) is 30.7 Å². The second-order valence-electron chi connectivity index (χ2n) is 6.73. The van der Waals surface area contributed by atoms with E-state index in [0.717, 1.165) is 16.8 Å². The highest BCUT2D eigenvalue weighted by Crippen LogP contribution is 2.27. The molecule has 4 rings (SSSR count). The summed E-state index contributed by atoms with van der Waals surface area (Å²) in [5.74, 6) is 0.150. The Balaban J connectivity index is 1.46. The van der Waals surface area contributed by atoms with Gasteiger partial charge in [-0.1, -0.05) is 41.1 Å². The zero-order valence-corrected chi connectivity index (χ0v) is 16.4. The molecular formula is C23H20N4O3. The highest BCUT2D eigenvalue weighted by molar-refractivity contribution is 5.93. The maximum Gasteiger partial charge on any atom is 0.253 e. The molecule has 30 heavy (non-hydrogen) atoms. The summed E-state index contributed by atoms with van der Waals surface area (Å²) in [6, 6.07) is 18.6. The first-order chi connectivity index (χ1) is 14.7. The maximum absolute atomic E-state index is 12.4. The molecule has 1 N–H and O–H groups in total. The van der Waals surface area contributed by atoms with E-state index in [2.05, 4.69) is 20.4 Å². The number of benzene rings is 1. The summed E-state index contributed by atoms with van der Waals surface area (Å²) in [6.07, 6.45) is 4.21. The van der Waals surface area contributed by atoms with Gasteiger partial charge in [-0.3, -0.25) is 9.78 Å². The molecule has 1 amide bonds. The highest BCUT2D eigenvalue weighted by atomic mass is 16.5. The summed E-state index contributed by atoms with van der Waals surface area (Å²) >= 11 is 0. The lowest BCUT2D eigenvalue weighted by Crippen LogP contribution is -2.23. The molecule has 0 saturated heterocycles. The van der Waals surface area contributed by atoms with Gasteiger partial charge >= 0.3 is 0 Å². The molecule has 0 aliphatic rings. The maximum atomic E-state index is 12.4. The van der Waals surface area contributed by atoms with Crippen LogP contribution in [0.1, 0.15) is 39.0 Å². The van der Waals surface area contributed by atoms with E-state index in [0.29, 0.717) is 23.7 Å². The summed E-state index contributed by atoms with van der Waals surface area (Å²) in [5.41, 5.74) is 3.90. The SMILES string of the molecule is Cc1cccc(C(Oc2ccc(C(=O)NCc3ccccn3)cn2)c2ccon2)c1. The van der Waals surface area contributed by atoms with Crippen molar-refractivity contribution in [3.8, 4) is 5.88 Å². The molecule has 0 bridgehead atoms. The predicted molar refractivity (Wildman–Crippen MR) is 110 cm³/mol. The van der Waals surface area contributed by atoms with Gasteiger partial charge in [0.15, 0.2) is 6.10 Å². The zero-order chi connectivity index (χ0) is 20.8. The van der Waals surface area contributed by atoms with Gasteiger partial charge in [0.25, 0.3) is 5.91 Å². The van der Waals surface area contributed by atoms with Crippen LogP contribution in [0.2, 0.25) is 0 Å². The smallest absolute Gasteiger partial charge is 0.253 e. The topological polar surface area (TPSA) is 90.1 Å². The summed E-state index contributed by atoms with van der Waals surface area (Å²) in [7, 11) is 0. The molecule has 150 valence electrons. The van der Waals surface area contributed by atoms with Gasteiger partial charge in [0.05, 0.1) is 17.8 Å². The van der Waals surface area contributed by atoms with Crippen LogP contribution in [0.25, 0.3) is 0 Å². The van der Waals surface area contributed by atoms with Crippen LogP contribution in [0.3, 0.4) is 0 Å². The number of carbonyl (C=O) groups is 1. The number of rotatable bonds is 7.